The Hall–Kier alpha value is -2.51. The van der Waals surface area contributed by atoms with Crippen molar-refractivity contribution in [2.45, 2.75) is 6.54 Å². The molecule has 0 bridgehead atoms. The van der Waals surface area contributed by atoms with Crippen molar-refractivity contribution >= 4 is 27.5 Å². The highest BCUT2D eigenvalue weighted by Crippen LogP contribution is 2.22. The van der Waals surface area contributed by atoms with E-state index in [1.54, 1.807) is 0 Å². The maximum absolute atomic E-state index is 12.1. The summed E-state index contributed by atoms with van der Waals surface area (Å²) in [4.78, 5) is 13.9. The first kappa shape index (κ1) is 17.3. The van der Waals surface area contributed by atoms with Gasteiger partial charge in [-0.2, -0.15) is 0 Å². The summed E-state index contributed by atoms with van der Waals surface area (Å²) in [6, 6.07) is 17.0. The molecule has 3 rings (SSSR count). The largest absolute Gasteiger partial charge is 0.419 e. The van der Waals surface area contributed by atoms with Crippen LogP contribution in [0.1, 0.15) is 5.89 Å². The molecule has 0 unspecified atom stereocenters. The van der Waals surface area contributed by atoms with Crippen LogP contribution in [-0.2, 0) is 11.3 Å². The van der Waals surface area contributed by atoms with Gasteiger partial charge in [-0.1, -0.05) is 40.2 Å². The molecule has 0 radical (unpaired) electrons. The number of rotatable bonds is 6. The lowest BCUT2D eigenvalue weighted by Crippen LogP contribution is -2.29. The van der Waals surface area contributed by atoms with E-state index in [0.29, 0.717) is 18.3 Å². The molecule has 0 saturated carbocycles. The summed E-state index contributed by atoms with van der Waals surface area (Å²) in [6.45, 7) is 0.618. The average Bonchev–Trinajstić information content (AvgIpc) is 3.04. The summed E-state index contributed by atoms with van der Waals surface area (Å²) in [5, 5.41) is 11.0. The van der Waals surface area contributed by atoms with Crippen LogP contribution in [0.4, 0.5) is 5.69 Å². The highest BCUT2D eigenvalue weighted by Gasteiger charge is 2.13. The van der Waals surface area contributed by atoms with Crippen LogP contribution in [0.25, 0.3) is 11.5 Å². The molecular weight excluding hydrogens is 384 g/mol. The van der Waals surface area contributed by atoms with Gasteiger partial charge in [0.2, 0.25) is 17.7 Å². The van der Waals surface area contributed by atoms with Crippen LogP contribution in [0.15, 0.2) is 63.5 Å². The Morgan fingerprint density at radius 1 is 1.16 bits per heavy atom. The van der Waals surface area contributed by atoms with Gasteiger partial charge >= 0.3 is 0 Å². The number of halogens is 1. The lowest BCUT2D eigenvalue weighted by Gasteiger charge is -2.13. The summed E-state index contributed by atoms with van der Waals surface area (Å²) in [6.07, 6.45) is 0. The van der Waals surface area contributed by atoms with Gasteiger partial charge in [-0.05, 0) is 37.4 Å². The lowest BCUT2D eigenvalue weighted by molar-refractivity contribution is -0.117. The first-order valence-corrected chi connectivity index (χ1v) is 8.51. The van der Waals surface area contributed by atoms with Crippen molar-refractivity contribution in [3.8, 4) is 11.5 Å². The minimum absolute atomic E-state index is 0.0968. The zero-order valence-corrected chi connectivity index (χ0v) is 15.2. The van der Waals surface area contributed by atoms with Crippen LogP contribution in [0.5, 0.6) is 0 Å². The zero-order valence-electron chi connectivity index (χ0n) is 13.6. The standard InChI is InChI=1S/C18H17BrN4O2/c1-23(11-16(24)20-15-8-3-2-4-9-15)12-17-21-22-18(25-17)13-6-5-7-14(19)10-13/h2-10H,11-12H2,1H3,(H,20,24). The molecule has 1 amide bonds. The van der Waals surface area contributed by atoms with E-state index in [2.05, 4.69) is 31.4 Å². The van der Waals surface area contributed by atoms with Gasteiger partial charge in [0.15, 0.2) is 0 Å². The number of hydrogen-bond donors (Lipinski definition) is 1. The van der Waals surface area contributed by atoms with Crippen molar-refractivity contribution in [1.29, 1.82) is 0 Å². The number of hydrogen-bond acceptors (Lipinski definition) is 5. The Bertz CT molecular complexity index is 851. The Balaban J connectivity index is 1.56. The highest BCUT2D eigenvalue weighted by atomic mass is 79.9. The van der Waals surface area contributed by atoms with Gasteiger partial charge in [-0.3, -0.25) is 9.69 Å². The molecule has 3 aromatic rings. The van der Waals surface area contributed by atoms with Crippen LogP contribution in [-0.4, -0.2) is 34.6 Å². The zero-order chi connectivity index (χ0) is 17.6. The van der Waals surface area contributed by atoms with E-state index in [4.69, 9.17) is 4.42 Å². The quantitative estimate of drug-likeness (QED) is 0.684. The first-order chi connectivity index (χ1) is 12.1. The van der Waals surface area contributed by atoms with Crippen LogP contribution < -0.4 is 5.32 Å². The van der Waals surface area contributed by atoms with Crippen LogP contribution in [0.2, 0.25) is 0 Å². The number of aromatic nitrogens is 2. The maximum Gasteiger partial charge on any atom is 0.247 e. The Morgan fingerprint density at radius 2 is 1.96 bits per heavy atom. The molecular formula is C18H17BrN4O2. The SMILES string of the molecule is CN(CC(=O)Nc1ccccc1)Cc1nnc(-c2cccc(Br)c2)o1. The number of para-hydroxylation sites is 1. The number of amides is 1. The number of likely N-dealkylation sites (N-methyl/N-ethyl adjacent to an activating group) is 1. The van der Waals surface area contributed by atoms with Crippen molar-refractivity contribution in [1.82, 2.24) is 15.1 Å². The maximum atomic E-state index is 12.1. The molecule has 0 atom stereocenters. The minimum atomic E-state index is -0.0968. The second-order valence-corrected chi connectivity index (χ2v) is 6.51. The Kier molecular flexibility index (Phi) is 5.57. The molecule has 7 heteroatoms. The van der Waals surface area contributed by atoms with Gasteiger partial charge in [0.1, 0.15) is 0 Å². The van der Waals surface area contributed by atoms with E-state index >= 15 is 0 Å². The average molecular weight is 401 g/mol. The minimum Gasteiger partial charge on any atom is -0.419 e. The number of anilines is 1. The molecule has 0 aliphatic rings. The van der Waals surface area contributed by atoms with E-state index in [9.17, 15) is 4.79 Å². The van der Waals surface area contributed by atoms with Gasteiger partial charge in [-0.25, -0.2) is 0 Å². The third kappa shape index (κ3) is 4.98. The van der Waals surface area contributed by atoms with Crippen LogP contribution >= 0.6 is 15.9 Å². The van der Waals surface area contributed by atoms with Gasteiger partial charge in [0.05, 0.1) is 13.1 Å². The predicted molar refractivity (Wildman–Crippen MR) is 98.8 cm³/mol. The monoisotopic (exact) mass is 400 g/mol. The third-order valence-electron chi connectivity index (χ3n) is 3.41. The molecule has 0 aliphatic carbocycles. The fraction of sp³-hybridized carbons (Fsp3) is 0.167. The smallest absolute Gasteiger partial charge is 0.247 e. The van der Waals surface area contributed by atoms with E-state index in [-0.39, 0.29) is 12.5 Å². The molecule has 0 fully saturated rings. The van der Waals surface area contributed by atoms with Gasteiger partial charge in [0.25, 0.3) is 0 Å². The summed E-state index contributed by atoms with van der Waals surface area (Å²) in [5.41, 5.74) is 1.62. The molecule has 128 valence electrons. The van der Waals surface area contributed by atoms with Crippen molar-refractivity contribution in [2.24, 2.45) is 0 Å². The fourth-order valence-corrected chi connectivity index (χ4v) is 2.71. The van der Waals surface area contributed by atoms with Gasteiger partial charge in [0, 0.05) is 15.7 Å². The number of carbonyl (C=O) groups excluding carboxylic acids is 1. The van der Waals surface area contributed by atoms with Gasteiger partial charge < -0.3 is 9.73 Å². The number of benzene rings is 2. The number of carbonyl (C=O) groups is 1. The van der Waals surface area contributed by atoms with E-state index in [1.807, 2.05) is 66.5 Å². The summed E-state index contributed by atoms with van der Waals surface area (Å²) >= 11 is 3.42. The van der Waals surface area contributed by atoms with E-state index in [0.717, 1.165) is 15.7 Å². The van der Waals surface area contributed by atoms with Crippen LogP contribution in [0, 0.1) is 0 Å². The Labute approximate surface area is 154 Å². The Morgan fingerprint density at radius 3 is 2.72 bits per heavy atom. The number of nitrogens with zero attached hydrogens (tertiary/aromatic N) is 3. The molecule has 2 aromatic carbocycles. The topological polar surface area (TPSA) is 71.3 Å². The molecule has 1 aromatic heterocycles. The lowest BCUT2D eigenvalue weighted by atomic mass is 10.2. The first-order valence-electron chi connectivity index (χ1n) is 7.72. The number of nitrogens with one attached hydrogen (secondary N) is 1. The van der Waals surface area contributed by atoms with Crippen molar-refractivity contribution in [3.63, 3.8) is 0 Å². The molecule has 25 heavy (non-hydrogen) atoms. The van der Waals surface area contributed by atoms with E-state index in [1.165, 1.54) is 0 Å². The van der Waals surface area contributed by atoms with Crippen LogP contribution in [0.3, 0.4) is 0 Å². The molecule has 0 spiro atoms. The van der Waals surface area contributed by atoms with E-state index < -0.39 is 0 Å². The van der Waals surface area contributed by atoms with Gasteiger partial charge in [-0.15, -0.1) is 10.2 Å². The summed E-state index contributed by atoms with van der Waals surface area (Å²) in [5.74, 6) is 0.823. The second-order valence-electron chi connectivity index (χ2n) is 5.60. The molecule has 1 N–H and O–H groups in total. The molecule has 0 saturated heterocycles. The van der Waals surface area contributed by atoms with Crippen molar-refractivity contribution < 1.29 is 9.21 Å². The van der Waals surface area contributed by atoms with Crippen molar-refractivity contribution in [3.05, 3.63) is 65.0 Å². The summed E-state index contributed by atoms with van der Waals surface area (Å²) in [7, 11) is 1.83. The molecule has 6 nitrogen and oxygen atoms in total. The highest BCUT2D eigenvalue weighted by molar-refractivity contribution is 9.10. The third-order valence-corrected chi connectivity index (χ3v) is 3.91. The fourth-order valence-electron chi connectivity index (χ4n) is 2.31. The summed E-state index contributed by atoms with van der Waals surface area (Å²) < 4.78 is 6.62. The second kappa shape index (κ2) is 8.04. The normalized spacial score (nSPS) is 10.8. The van der Waals surface area contributed by atoms with Crippen molar-refractivity contribution in [2.75, 3.05) is 18.9 Å². The predicted octanol–water partition coefficient (Wildman–Crippen LogP) is 3.57. The molecule has 1 heterocycles. The molecule has 0 aliphatic heterocycles.